The number of hydrogen-bond donors (Lipinski definition) is 0. The van der Waals surface area contributed by atoms with Gasteiger partial charge in [-0.05, 0) is 48.2 Å². The van der Waals surface area contributed by atoms with Crippen molar-refractivity contribution in [2.24, 2.45) is 0 Å². The van der Waals surface area contributed by atoms with Gasteiger partial charge in [-0.2, -0.15) is 0 Å². The summed E-state index contributed by atoms with van der Waals surface area (Å²) in [6.45, 7) is 5.91. The van der Waals surface area contributed by atoms with Crippen LogP contribution in [-0.4, -0.2) is 13.2 Å². The van der Waals surface area contributed by atoms with E-state index in [-0.39, 0.29) is 0 Å². The molecule has 0 N–H and O–H groups in total. The quantitative estimate of drug-likeness (QED) is 0.329. The molecule has 2 nitrogen and oxygen atoms in total. The van der Waals surface area contributed by atoms with Crippen molar-refractivity contribution in [1.82, 2.24) is 0 Å². The maximum Gasteiger partial charge on any atom is 0.119 e. The molecular weight excluding hydrogens is 320 g/mol. The zero-order valence-corrected chi connectivity index (χ0v) is 16.0. The Morgan fingerprint density at radius 2 is 1.00 bits per heavy atom. The molecule has 0 aliphatic carbocycles. The van der Waals surface area contributed by atoms with Crippen molar-refractivity contribution in [3.8, 4) is 11.5 Å². The number of unbranched alkanes of at least 4 members (excludes halogenated alkanes) is 2. The zero-order valence-electron chi connectivity index (χ0n) is 16.0. The molecule has 0 saturated heterocycles. The van der Waals surface area contributed by atoms with Crippen LogP contribution in [0.4, 0.5) is 0 Å². The molecule has 0 aliphatic heterocycles. The smallest absolute Gasteiger partial charge is 0.119 e. The molecule has 0 atom stereocenters. The first-order valence-corrected chi connectivity index (χ1v) is 9.62. The molecule has 0 aromatic heterocycles. The average Bonchev–Trinajstić information content (AvgIpc) is 2.68. The topological polar surface area (TPSA) is 18.5 Å². The predicted molar refractivity (Wildman–Crippen MR) is 112 cm³/mol. The van der Waals surface area contributed by atoms with E-state index in [1.54, 1.807) is 0 Å². The van der Waals surface area contributed by atoms with Crippen LogP contribution in [0.2, 0.25) is 0 Å². The molecule has 0 spiro atoms. The fourth-order valence-electron chi connectivity index (χ4n) is 2.35. The summed E-state index contributed by atoms with van der Waals surface area (Å²) in [6, 6.07) is 16.4. The lowest BCUT2D eigenvalue weighted by molar-refractivity contribution is 0.309. The number of rotatable bonds is 11. The highest BCUT2D eigenvalue weighted by Crippen LogP contribution is 2.15. The monoisotopic (exact) mass is 350 g/mol. The summed E-state index contributed by atoms with van der Waals surface area (Å²) in [4.78, 5) is 0. The van der Waals surface area contributed by atoms with Gasteiger partial charge in [0.25, 0.3) is 0 Å². The van der Waals surface area contributed by atoms with E-state index < -0.39 is 0 Å². The largest absolute Gasteiger partial charge is 0.494 e. The van der Waals surface area contributed by atoms with Crippen molar-refractivity contribution >= 4 is 12.2 Å². The lowest BCUT2D eigenvalue weighted by atomic mass is 10.1. The van der Waals surface area contributed by atoms with Gasteiger partial charge >= 0.3 is 0 Å². The SMILES string of the molecule is CCCCOc1ccc(/C=C/C=C/c2ccc(OCCCC)cc2)cc1. The number of allylic oxidation sites excluding steroid dienone is 2. The second-order valence-corrected chi connectivity index (χ2v) is 6.26. The lowest BCUT2D eigenvalue weighted by Gasteiger charge is -2.05. The van der Waals surface area contributed by atoms with Crippen LogP contribution in [0.5, 0.6) is 11.5 Å². The Balaban J connectivity index is 1.79. The number of hydrogen-bond acceptors (Lipinski definition) is 2. The molecule has 26 heavy (non-hydrogen) atoms. The molecule has 2 heteroatoms. The van der Waals surface area contributed by atoms with Gasteiger partial charge in [0.2, 0.25) is 0 Å². The molecule has 0 radical (unpaired) electrons. The van der Waals surface area contributed by atoms with E-state index in [9.17, 15) is 0 Å². The van der Waals surface area contributed by atoms with Gasteiger partial charge in [-0.3, -0.25) is 0 Å². The van der Waals surface area contributed by atoms with Crippen LogP contribution in [0.15, 0.2) is 60.7 Å². The first-order valence-electron chi connectivity index (χ1n) is 9.62. The molecule has 0 bridgehead atoms. The highest BCUT2D eigenvalue weighted by molar-refractivity contribution is 5.58. The van der Waals surface area contributed by atoms with Gasteiger partial charge in [-0.15, -0.1) is 0 Å². The first-order chi connectivity index (χ1) is 12.8. The highest BCUT2D eigenvalue weighted by atomic mass is 16.5. The summed E-state index contributed by atoms with van der Waals surface area (Å²) >= 11 is 0. The van der Waals surface area contributed by atoms with Crippen LogP contribution in [0.1, 0.15) is 50.7 Å². The van der Waals surface area contributed by atoms with Gasteiger partial charge in [0.05, 0.1) is 13.2 Å². The van der Waals surface area contributed by atoms with E-state index >= 15 is 0 Å². The third-order valence-corrected chi connectivity index (χ3v) is 3.98. The minimum Gasteiger partial charge on any atom is -0.494 e. The van der Waals surface area contributed by atoms with Crippen molar-refractivity contribution in [3.05, 3.63) is 71.8 Å². The maximum atomic E-state index is 5.68. The molecule has 2 aromatic carbocycles. The van der Waals surface area contributed by atoms with Gasteiger partial charge in [0, 0.05) is 0 Å². The van der Waals surface area contributed by atoms with Crippen molar-refractivity contribution in [2.75, 3.05) is 13.2 Å². The van der Waals surface area contributed by atoms with Crippen LogP contribution >= 0.6 is 0 Å². The Hall–Kier alpha value is -2.48. The highest BCUT2D eigenvalue weighted by Gasteiger charge is 1.94. The van der Waals surface area contributed by atoms with E-state index in [2.05, 4.69) is 62.4 Å². The Kier molecular flexibility index (Phi) is 9.13. The zero-order chi connectivity index (χ0) is 18.5. The third kappa shape index (κ3) is 7.60. The van der Waals surface area contributed by atoms with Crippen molar-refractivity contribution in [1.29, 1.82) is 0 Å². The summed E-state index contributed by atoms with van der Waals surface area (Å²) in [5.74, 6) is 1.87. The number of benzene rings is 2. The second-order valence-electron chi connectivity index (χ2n) is 6.26. The maximum absolute atomic E-state index is 5.68. The summed E-state index contributed by atoms with van der Waals surface area (Å²) in [5, 5.41) is 0. The fraction of sp³-hybridized carbons (Fsp3) is 0.333. The molecule has 2 rings (SSSR count). The molecular formula is C24H30O2. The lowest BCUT2D eigenvalue weighted by Crippen LogP contribution is -1.95. The van der Waals surface area contributed by atoms with E-state index in [4.69, 9.17) is 9.47 Å². The van der Waals surface area contributed by atoms with E-state index in [1.807, 2.05) is 24.3 Å². The Morgan fingerprint density at radius 1 is 0.615 bits per heavy atom. The van der Waals surface area contributed by atoms with Crippen molar-refractivity contribution < 1.29 is 9.47 Å². The van der Waals surface area contributed by atoms with Crippen molar-refractivity contribution in [2.45, 2.75) is 39.5 Å². The molecule has 0 saturated carbocycles. The van der Waals surface area contributed by atoms with E-state index in [0.717, 1.165) is 61.5 Å². The van der Waals surface area contributed by atoms with Gasteiger partial charge in [-0.1, -0.05) is 75.3 Å². The molecule has 2 aromatic rings. The molecule has 0 unspecified atom stereocenters. The van der Waals surface area contributed by atoms with Gasteiger partial charge in [0.15, 0.2) is 0 Å². The molecule has 0 aliphatic rings. The summed E-state index contributed by atoms with van der Waals surface area (Å²) in [6.07, 6.45) is 12.8. The number of ether oxygens (including phenoxy) is 2. The van der Waals surface area contributed by atoms with E-state index in [1.165, 1.54) is 0 Å². The van der Waals surface area contributed by atoms with Crippen LogP contribution in [0, 0.1) is 0 Å². The Morgan fingerprint density at radius 3 is 1.35 bits per heavy atom. The standard InChI is InChI=1S/C24H30O2/c1-3-5-19-25-23-15-11-21(12-16-23)9-7-8-10-22-13-17-24(18-14-22)26-20-6-4-2/h7-18H,3-6,19-20H2,1-2H3/b9-7+,10-8+. The normalized spacial score (nSPS) is 11.3. The van der Waals surface area contributed by atoms with Gasteiger partial charge in [-0.25, -0.2) is 0 Å². The predicted octanol–water partition coefficient (Wildman–Crippen LogP) is 6.77. The molecule has 0 fully saturated rings. The second kappa shape index (κ2) is 12.0. The van der Waals surface area contributed by atoms with E-state index in [0.29, 0.717) is 0 Å². The van der Waals surface area contributed by atoms with Crippen LogP contribution < -0.4 is 9.47 Å². The third-order valence-electron chi connectivity index (χ3n) is 3.98. The summed E-state index contributed by atoms with van der Waals surface area (Å²) in [5.41, 5.74) is 2.33. The molecule has 0 heterocycles. The molecule has 138 valence electrons. The average molecular weight is 351 g/mol. The van der Waals surface area contributed by atoms with Crippen molar-refractivity contribution in [3.63, 3.8) is 0 Å². The summed E-state index contributed by atoms with van der Waals surface area (Å²) < 4.78 is 11.4. The minimum absolute atomic E-state index is 0.789. The fourth-order valence-corrected chi connectivity index (χ4v) is 2.35. The minimum atomic E-state index is 0.789. The summed E-state index contributed by atoms with van der Waals surface area (Å²) in [7, 11) is 0. The van der Waals surface area contributed by atoms with Crippen LogP contribution in [0.25, 0.3) is 12.2 Å². The van der Waals surface area contributed by atoms with Gasteiger partial charge in [0.1, 0.15) is 11.5 Å². The van der Waals surface area contributed by atoms with Crippen LogP contribution in [-0.2, 0) is 0 Å². The Bertz CT molecular complexity index is 605. The molecule has 0 amide bonds. The first kappa shape index (κ1) is 19.8. The van der Waals surface area contributed by atoms with Crippen LogP contribution in [0.3, 0.4) is 0 Å². The Labute approximate surface area is 158 Å². The van der Waals surface area contributed by atoms with Gasteiger partial charge < -0.3 is 9.47 Å².